The highest BCUT2D eigenvalue weighted by Gasteiger charge is 2.15. The van der Waals surface area contributed by atoms with E-state index in [2.05, 4.69) is 91.2 Å². The van der Waals surface area contributed by atoms with Crippen LogP contribution < -0.4 is 0 Å². The average molecular weight is 513 g/mol. The van der Waals surface area contributed by atoms with Gasteiger partial charge in [0.25, 0.3) is 0 Å². The number of benzene rings is 2. The van der Waals surface area contributed by atoms with Gasteiger partial charge in [-0.15, -0.1) is 13.2 Å². The minimum absolute atomic E-state index is 0.00381. The smallest absolute Gasteiger partial charge is 0.115 e. The molecule has 38 heavy (non-hydrogen) atoms. The van der Waals surface area contributed by atoms with Crippen molar-refractivity contribution in [1.82, 2.24) is 0 Å². The Labute approximate surface area is 232 Å². The third-order valence-corrected chi connectivity index (χ3v) is 6.50. The van der Waals surface area contributed by atoms with Gasteiger partial charge in [0.1, 0.15) is 11.5 Å². The summed E-state index contributed by atoms with van der Waals surface area (Å²) in [4.78, 5) is 0. The first-order chi connectivity index (χ1) is 17.9. The summed E-state index contributed by atoms with van der Waals surface area (Å²) in [5.74, 6) is 0.597. The largest absolute Gasteiger partial charge is 0.508 e. The standard InChI is InChI=1S/2C18H24O/c2*1-5-18(4,13-6-7-15(2)3)14-12-16-8-10-17(19)11-9-16/h2*5,7-12,14,19H,1,6,13H2,2-4H3/b2*14-12+/t2*18-/m11/s1. The fourth-order valence-electron chi connectivity index (χ4n) is 3.59. The highest BCUT2D eigenvalue weighted by Crippen LogP contribution is 2.29. The molecule has 0 radical (unpaired) electrons. The maximum atomic E-state index is 9.25. The zero-order chi connectivity index (χ0) is 28.6. The monoisotopic (exact) mass is 512 g/mol. The molecule has 0 saturated heterocycles. The van der Waals surface area contributed by atoms with Gasteiger partial charge in [-0.2, -0.15) is 0 Å². The summed E-state index contributed by atoms with van der Waals surface area (Å²) in [5, 5.41) is 18.5. The fraction of sp³-hybridized carbons (Fsp3) is 0.333. The number of allylic oxidation sites excluding steroid dienone is 8. The summed E-state index contributed by atoms with van der Waals surface area (Å²) < 4.78 is 0. The number of aromatic hydroxyl groups is 2. The van der Waals surface area contributed by atoms with E-state index < -0.39 is 0 Å². The molecule has 204 valence electrons. The predicted molar refractivity (Wildman–Crippen MR) is 168 cm³/mol. The topological polar surface area (TPSA) is 40.5 Å². The van der Waals surface area contributed by atoms with Gasteiger partial charge in [-0.3, -0.25) is 0 Å². The van der Waals surface area contributed by atoms with Crippen LogP contribution in [-0.2, 0) is 0 Å². The molecule has 2 aromatic carbocycles. The number of hydrogen-bond donors (Lipinski definition) is 2. The summed E-state index contributed by atoms with van der Waals surface area (Å²) in [7, 11) is 0. The Morgan fingerprint density at radius 1 is 0.632 bits per heavy atom. The zero-order valence-corrected chi connectivity index (χ0v) is 24.4. The average Bonchev–Trinajstić information content (AvgIpc) is 2.88. The first-order valence-corrected chi connectivity index (χ1v) is 13.4. The van der Waals surface area contributed by atoms with Crippen molar-refractivity contribution in [3.63, 3.8) is 0 Å². The van der Waals surface area contributed by atoms with Gasteiger partial charge in [-0.05, 0) is 88.8 Å². The Kier molecular flexibility index (Phi) is 14.0. The van der Waals surface area contributed by atoms with Crippen molar-refractivity contribution in [2.45, 2.75) is 67.2 Å². The van der Waals surface area contributed by atoms with Crippen molar-refractivity contribution in [3.05, 3.63) is 120 Å². The first kappa shape index (κ1) is 32.5. The molecule has 2 N–H and O–H groups in total. The molecule has 0 aliphatic carbocycles. The minimum atomic E-state index is 0.00381. The molecular formula is C36H48O2. The molecule has 0 bridgehead atoms. The van der Waals surface area contributed by atoms with Crippen LogP contribution in [0.4, 0.5) is 0 Å². The molecule has 0 unspecified atom stereocenters. The molecule has 0 fully saturated rings. The third kappa shape index (κ3) is 13.7. The van der Waals surface area contributed by atoms with Gasteiger partial charge in [0.2, 0.25) is 0 Å². The van der Waals surface area contributed by atoms with E-state index in [1.165, 1.54) is 11.1 Å². The van der Waals surface area contributed by atoms with Crippen LogP contribution in [0.3, 0.4) is 0 Å². The summed E-state index contributed by atoms with van der Waals surface area (Å²) in [5.41, 5.74) is 4.90. The van der Waals surface area contributed by atoms with E-state index >= 15 is 0 Å². The summed E-state index contributed by atoms with van der Waals surface area (Å²) >= 11 is 0. The van der Waals surface area contributed by atoms with E-state index in [1.807, 2.05) is 36.4 Å². The lowest BCUT2D eigenvalue weighted by Gasteiger charge is -2.20. The van der Waals surface area contributed by atoms with Crippen molar-refractivity contribution in [1.29, 1.82) is 0 Å². The first-order valence-electron chi connectivity index (χ1n) is 13.4. The number of phenols is 2. The molecular weight excluding hydrogens is 464 g/mol. The number of hydrogen-bond acceptors (Lipinski definition) is 2. The Balaban J connectivity index is 0.000000380. The van der Waals surface area contributed by atoms with Crippen LogP contribution in [0.25, 0.3) is 12.2 Å². The number of phenolic OH excluding ortho intramolecular Hbond substituents is 2. The van der Waals surface area contributed by atoms with Gasteiger partial charge in [0, 0.05) is 10.8 Å². The van der Waals surface area contributed by atoms with E-state index in [1.54, 1.807) is 24.3 Å². The summed E-state index contributed by atoms with van der Waals surface area (Å²) in [6.07, 6.45) is 21.3. The van der Waals surface area contributed by atoms with Gasteiger partial charge in [-0.1, -0.05) is 97.9 Å². The predicted octanol–water partition coefficient (Wildman–Crippen LogP) is 10.7. The van der Waals surface area contributed by atoms with Gasteiger partial charge < -0.3 is 10.2 Å². The van der Waals surface area contributed by atoms with Crippen molar-refractivity contribution in [2.75, 3.05) is 0 Å². The number of rotatable bonds is 12. The molecule has 0 spiro atoms. The second-order valence-electron chi connectivity index (χ2n) is 10.9. The maximum absolute atomic E-state index is 9.25. The van der Waals surface area contributed by atoms with E-state index in [4.69, 9.17) is 0 Å². The van der Waals surface area contributed by atoms with Crippen LogP contribution in [0.2, 0.25) is 0 Å². The van der Waals surface area contributed by atoms with E-state index in [0.717, 1.165) is 36.8 Å². The second-order valence-corrected chi connectivity index (χ2v) is 10.9. The Bertz CT molecular complexity index is 1010. The molecule has 0 amide bonds. The van der Waals surface area contributed by atoms with E-state index in [9.17, 15) is 10.2 Å². The van der Waals surface area contributed by atoms with Crippen LogP contribution in [0.15, 0.2) is 109 Å². The minimum Gasteiger partial charge on any atom is -0.508 e. The van der Waals surface area contributed by atoms with Crippen molar-refractivity contribution >= 4 is 12.2 Å². The molecule has 0 heterocycles. The molecule has 0 aromatic heterocycles. The lowest BCUT2D eigenvalue weighted by molar-refractivity contribution is 0.474. The highest BCUT2D eigenvalue weighted by molar-refractivity contribution is 5.52. The molecule has 0 aliphatic heterocycles. The highest BCUT2D eigenvalue weighted by atomic mass is 16.3. The van der Waals surface area contributed by atoms with Crippen molar-refractivity contribution in [2.24, 2.45) is 10.8 Å². The normalized spacial score (nSPS) is 14.1. The molecule has 2 heteroatoms. The van der Waals surface area contributed by atoms with Gasteiger partial charge in [-0.25, -0.2) is 0 Å². The molecule has 0 saturated carbocycles. The van der Waals surface area contributed by atoms with Crippen molar-refractivity contribution < 1.29 is 10.2 Å². The van der Waals surface area contributed by atoms with Crippen LogP contribution in [0.1, 0.15) is 78.4 Å². The SMILES string of the molecule is C=C[C@@](C)(/C=C/c1ccc(O)cc1)CCC=C(C)C.C=C[C@@](C)(/C=C/c1ccc(O)cc1)CCC=C(C)C. The Morgan fingerprint density at radius 2 is 0.947 bits per heavy atom. The molecule has 2 aromatic rings. The van der Waals surface area contributed by atoms with Gasteiger partial charge in [0.05, 0.1) is 0 Å². The van der Waals surface area contributed by atoms with Crippen LogP contribution >= 0.6 is 0 Å². The van der Waals surface area contributed by atoms with Crippen LogP contribution in [-0.4, -0.2) is 10.2 Å². The fourth-order valence-corrected chi connectivity index (χ4v) is 3.59. The lowest BCUT2D eigenvalue weighted by Crippen LogP contribution is -2.08. The van der Waals surface area contributed by atoms with E-state index in [-0.39, 0.29) is 10.8 Å². The molecule has 0 aliphatic rings. The third-order valence-electron chi connectivity index (χ3n) is 6.50. The zero-order valence-electron chi connectivity index (χ0n) is 24.4. The van der Waals surface area contributed by atoms with Crippen molar-refractivity contribution in [3.8, 4) is 11.5 Å². The summed E-state index contributed by atoms with van der Waals surface area (Å²) in [6, 6.07) is 14.4. The second kappa shape index (κ2) is 16.3. The van der Waals surface area contributed by atoms with E-state index in [0.29, 0.717) is 11.5 Å². The Morgan fingerprint density at radius 3 is 1.21 bits per heavy atom. The van der Waals surface area contributed by atoms with Crippen LogP contribution in [0, 0.1) is 10.8 Å². The van der Waals surface area contributed by atoms with Gasteiger partial charge >= 0.3 is 0 Å². The van der Waals surface area contributed by atoms with Crippen LogP contribution in [0.5, 0.6) is 11.5 Å². The Hall–Kier alpha value is -3.52. The summed E-state index contributed by atoms with van der Waals surface area (Å²) in [6.45, 7) is 20.8. The molecule has 2 rings (SSSR count). The quantitative estimate of drug-likeness (QED) is 0.278. The lowest BCUT2D eigenvalue weighted by atomic mass is 9.84. The molecule has 2 atom stereocenters. The molecule has 2 nitrogen and oxygen atoms in total. The maximum Gasteiger partial charge on any atom is 0.115 e. The van der Waals surface area contributed by atoms with Gasteiger partial charge in [0.15, 0.2) is 0 Å².